The standard InChI is InChI=1S/C17H20N4O5/c1-4-20(5-2)12-8-6-11(14(10-12)26-3)7-9-13-15(21(24)25)16(22)19-17(23)18-13/h6-10H,4-5H2,1-3H3,(H2,18,19,22,23). The molecule has 1 heterocycles. The highest BCUT2D eigenvalue weighted by Gasteiger charge is 2.19. The molecule has 26 heavy (non-hydrogen) atoms. The molecule has 0 fully saturated rings. The van der Waals surface area contributed by atoms with E-state index in [1.54, 1.807) is 12.1 Å². The van der Waals surface area contributed by atoms with Gasteiger partial charge < -0.3 is 14.6 Å². The van der Waals surface area contributed by atoms with Crippen molar-refractivity contribution in [2.75, 3.05) is 25.1 Å². The normalized spacial score (nSPS) is 10.9. The van der Waals surface area contributed by atoms with Gasteiger partial charge in [-0.15, -0.1) is 0 Å². The molecule has 0 amide bonds. The number of nitrogens with one attached hydrogen (secondary N) is 2. The van der Waals surface area contributed by atoms with Crippen LogP contribution in [0.5, 0.6) is 5.75 Å². The number of H-pyrrole nitrogens is 2. The average Bonchev–Trinajstić information content (AvgIpc) is 2.60. The van der Waals surface area contributed by atoms with E-state index in [9.17, 15) is 19.7 Å². The molecule has 0 aliphatic heterocycles. The Labute approximate surface area is 149 Å². The molecular formula is C17H20N4O5. The van der Waals surface area contributed by atoms with Crippen molar-refractivity contribution in [3.8, 4) is 5.75 Å². The lowest BCUT2D eigenvalue weighted by Gasteiger charge is -2.22. The summed E-state index contributed by atoms with van der Waals surface area (Å²) >= 11 is 0. The van der Waals surface area contributed by atoms with E-state index >= 15 is 0 Å². The Kier molecular flexibility index (Phi) is 5.94. The first kappa shape index (κ1) is 19.0. The molecule has 2 N–H and O–H groups in total. The van der Waals surface area contributed by atoms with Crippen molar-refractivity contribution < 1.29 is 9.66 Å². The molecule has 0 aliphatic rings. The van der Waals surface area contributed by atoms with Crippen LogP contribution in [0.15, 0.2) is 27.8 Å². The van der Waals surface area contributed by atoms with Crippen LogP contribution in [0.2, 0.25) is 0 Å². The molecule has 0 spiro atoms. The first-order valence-corrected chi connectivity index (χ1v) is 8.03. The highest BCUT2D eigenvalue weighted by molar-refractivity contribution is 5.75. The molecule has 0 unspecified atom stereocenters. The van der Waals surface area contributed by atoms with Crippen LogP contribution >= 0.6 is 0 Å². The number of hydrogen-bond acceptors (Lipinski definition) is 6. The highest BCUT2D eigenvalue weighted by Crippen LogP contribution is 2.27. The van der Waals surface area contributed by atoms with Gasteiger partial charge in [0.05, 0.1) is 12.0 Å². The molecule has 0 bridgehead atoms. The molecule has 0 radical (unpaired) electrons. The van der Waals surface area contributed by atoms with Gasteiger partial charge in [0.15, 0.2) is 0 Å². The van der Waals surface area contributed by atoms with Crippen molar-refractivity contribution in [1.82, 2.24) is 9.97 Å². The fourth-order valence-electron chi connectivity index (χ4n) is 2.60. The van der Waals surface area contributed by atoms with Crippen LogP contribution in [-0.4, -0.2) is 35.1 Å². The molecule has 2 rings (SSSR count). The van der Waals surface area contributed by atoms with Crippen molar-refractivity contribution in [2.24, 2.45) is 0 Å². The van der Waals surface area contributed by atoms with Crippen molar-refractivity contribution in [2.45, 2.75) is 13.8 Å². The molecule has 1 aromatic heterocycles. The number of ether oxygens (including phenoxy) is 1. The van der Waals surface area contributed by atoms with Gasteiger partial charge in [-0.2, -0.15) is 0 Å². The van der Waals surface area contributed by atoms with Crippen molar-refractivity contribution in [3.05, 3.63) is 60.4 Å². The summed E-state index contributed by atoms with van der Waals surface area (Å²) in [6.45, 7) is 5.78. The topological polar surface area (TPSA) is 121 Å². The number of methoxy groups -OCH3 is 1. The Morgan fingerprint density at radius 1 is 1.19 bits per heavy atom. The quantitative estimate of drug-likeness (QED) is 0.575. The highest BCUT2D eigenvalue weighted by atomic mass is 16.6. The van der Waals surface area contributed by atoms with Gasteiger partial charge in [-0.05, 0) is 38.1 Å². The monoisotopic (exact) mass is 360 g/mol. The third kappa shape index (κ3) is 4.00. The van der Waals surface area contributed by atoms with Gasteiger partial charge in [-0.1, -0.05) is 0 Å². The predicted octanol–water partition coefficient (Wildman–Crippen LogP) is 2.00. The Balaban J connectivity index is 2.47. The van der Waals surface area contributed by atoms with Crippen molar-refractivity contribution in [1.29, 1.82) is 0 Å². The molecule has 0 saturated heterocycles. The second-order valence-electron chi connectivity index (χ2n) is 5.36. The number of rotatable bonds is 7. The van der Waals surface area contributed by atoms with Crippen molar-refractivity contribution in [3.63, 3.8) is 0 Å². The lowest BCUT2D eigenvalue weighted by atomic mass is 10.1. The summed E-state index contributed by atoms with van der Waals surface area (Å²) in [4.78, 5) is 39.5. The van der Waals surface area contributed by atoms with Crippen LogP contribution < -0.4 is 20.9 Å². The summed E-state index contributed by atoms with van der Waals surface area (Å²) < 4.78 is 5.39. The van der Waals surface area contributed by atoms with Gasteiger partial charge in [-0.3, -0.25) is 19.9 Å². The minimum absolute atomic E-state index is 0.182. The van der Waals surface area contributed by atoms with Gasteiger partial charge >= 0.3 is 16.9 Å². The maximum Gasteiger partial charge on any atom is 0.357 e. The summed E-state index contributed by atoms with van der Waals surface area (Å²) in [5, 5.41) is 11.1. The van der Waals surface area contributed by atoms with Gasteiger partial charge in [0.25, 0.3) is 0 Å². The van der Waals surface area contributed by atoms with E-state index in [0.717, 1.165) is 18.8 Å². The Bertz CT molecular complexity index is 941. The Morgan fingerprint density at radius 2 is 1.88 bits per heavy atom. The van der Waals surface area contributed by atoms with E-state index in [0.29, 0.717) is 11.3 Å². The maximum atomic E-state index is 11.6. The molecule has 9 nitrogen and oxygen atoms in total. The van der Waals surface area contributed by atoms with Crippen LogP contribution in [0.3, 0.4) is 0 Å². The number of anilines is 1. The van der Waals surface area contributed by atoms with Crippen LogP contribution in [0.4, 0.5) is 11.4 Å². The third-order valence-electron chi connectivity index (χ3n) is 3.90. The lowest BCUT2D eigenvalue weighted by molar-refractivity contribution is -0.386. The third-order valence-corrected chi connectivity index (χ3v) is 3.90. The van der Waals surface area contributed by atoms with Crippen LogP contribution in [0.1, 0.15) is 25.1 Å². The Hall–Kier alpha value is -3.36. The molecule has 138 valence electrons. The van der Waals surface area contributed by atoms with Gasteiger partial charge in [0.2, 0.25) is 0 Å². The Morgan fingerprint density at radius 3 is 2.46 bits per heavy atom. The molecule has 1 aromatic carbocycles. The van der Waals surface area contributed by atoms with Gasteiger partial charge in [0.1, 0.15) is 11.4 Å². The van der Waals surface area contributed by atoms with E-state index in [1.165, 1.54) is 13.2 Å². The SMILES string of the molecule is CCN(CC)c1ccc(C=Cc2[nH]c(=O)[nH]c(=O)c2[N+](=O)[O-])c(OC)c1. The van der Waals surface area contributed by atoms with E-state index in [-0.39, 0.29) is 5.69 Å². The van der Waals surface area contributed by atoms with E-state index in [1.807, 2.05) is 31.0 Å². The number of nitro groups is 1. The minimum atomic E-state index is -1.05. The molecule has 0 aliphatic carbocycles. The summed E-state index contributed by atoms with van der Waals surface area (Å²) in [7, 11) is 1.52. The molecule has 0 atom stereocenters. The van der Waals surface area contributed by atoms with E-state index in [2.05, 4.69) is 9.88 Å². The number of aromatic amines is 2. The number of aromatic nitrogens is 2. The van der Waals surface area contributed by atoms with E-state index < -0.39 is 21.9 Å². The molecule has 2 aromatic rings. The van der Waals surface area contributed by atoms with Crippen LogP contribution in [-0.2, 0) is 0 Å². The predicted molar refractivity (Wildman–Crippen MR) is 99.8 cm³/mol. The molecule has 0 saturated carbocycles. The second kappa shape index (κ2) is 8.15. The number of hydrogen-bond donors (Lipinski definition) is 2. The van der Waals surface area contributed by atoms with Gasteiger partial charge in [-0.25, -0.2) is 4.79 Å². The summed E-state index contributed by atoms with van der Waals surface area (Å²) in [6.07, 6.45) is 2.85. The number of benzene rings is 1. The van der Waals surface area contributed by atoms with Crippen LogP contribution in [0, 0.1) is 10.1 Å². The van der Waals surface area contributed by atoms with Crippen LogP contribution in [0.25, 0.3) is 12.2 Å². The zero-order chi connectivity index (χ0) is 19.3. The smallest absolute Gasteiger partial charge is 0.357 e. The fourth-order valence-corrected chi connectivity index (χ4v) is 2.60. The summed E-state index contributed by atoms with van der Waals surface area (Å²) in [6, 6.07) is 5.58. The first-order chi connectivity index (χ1) is 12.4. The zero-order valence-corrected chi connectivity index (χ0v) is 14.7. The maximum absolute atomic E-state index is 11.6. The second-order valence-corrected chi connectivity index (χ2v) is 5.36. The first-order valence-electron chi connectivity index (χ1n) is 8.03. The number of nitrogens with zero attached hydrogens (tertiary/aromatic N) is 2. The zero-order valence-electron chi connectivity index (χ0n) is 14.7. The minimum Gasteiger partial charge on any atom is -0.496 e. The largest absolute Gasteiger partial charge is 0.496 e. The lowest BCUT2D eigenvalue weighted by Crippen LogP contribution is -2.25. The molecule has 9 heteroatoms. The summed E-state index contributed by atoms with van der Waals surface area (Å²) in [5.74, 6) is 0.570. The summed E-state index contributed by atoms with van der Waals surface area (Å²) in [5.41, 5.74) is -1.14. The van der Waals surface area contributed by atoms with Crippen molar-refractivity contribution >= 4 is 23.5 Å². The molecular weight excluding hydrogens is 340 g/mol. The van der Waals surface area contributed by atoms with Gasteiger partial charge in [0, 0.05) is 30.4 Å². The van der Waals surface area contributed by atoms with E-state index in [4.69, 9.17) is 4.74 Å². The fraction of sp³-hybridized carbons (Fsp3) is 0.294. The average molecular weight is 360 g/mol.